The molecule has 130 valence electrons. The fourth-order valence-corrected chi connectivity index (χ4v) is 3.87. The average Bonchev–Trinajstić information content (AvgIpc) is 2.94. The molecular weight excluding hydrogens is 350 g/mol. The van der Waals surface area contributed by atoms with Crippen LogP contribution in [0.5, 0.6) is 5.88 Å². The van der Waals surface area contributed by atoms with E-state index in [9.17, 15) is 14.3 Å². The van der Waals surface area contributed by atoms with Gasteiger partial charge in [0.25, 0.3) is 5.91 Å². The minimum absolute atomic E-state index is 0.106. The number of ether oxygens (including phenoxy) is 1. The van der Waals surface area contributed by atoms with Gasteiger partial charge in [0, 0.05) is 31.9 Å². The minimum atomic E-state index is -2.48. The Labute approximate surface area is 151 Å². The zero-order valence-corrected chi connectivity index (χ0v) is 14.7. The molecule has 0 fully saturated rings. The van der Waals surface area contributed by atoms with Crippen LogP contribution in [0.1, 0.15) is 11.1 Å². The lowest BCUT2D eigenvalue weighted by molar-refractivity contribution is -0.112. The number of aromatic nitrogens is 1. The summed E-state index contributed by atoms with van der Waals surface area (Å²) >= 11 is 0. The normalized spacial score (nSPS) is 18.1. The van der Waals surface area contributed by atoms with Gasteiger partial charge < -0.3 is 10.1 Å². The number of hydrogen-bond acceptors (Lipinski definition) is 5. The highest BCUT2D eigenvalue weighted by Crippen LogP contribution is 2.29. The van der Waals surface area contributed by atoms with Gasteiger partial charge in [-0.1, -0.05) is 6.07 Å². The molecule has 1 amide bonds. The van der Waals surface area contributed by atoms with Crippen molar-refractivity contribution >= 4 is 39.1 Å². The third-order valence-corrected chi connectivity index (χ3v) is 5.44. The molecule has 0 saturated heterocycles. The summed E-state index contributed by atoms with van der Waals surface area (Å²) in [5.41, 5.74) is 1.65. The molecule has 26 heavy (non-hydrogen) atoms. The van der Waals surface area contributed by atoms with Crippen molar-refractivity contribution in [1.82, 2.24) is 4.98 Å². The first-order valence-electron chi connectivity index (χ1n) is 7.56. The lowest BCUT2D eigenvalue weighted by Gasteiger charge is -2.08. The van der Waals surface area contributed by atoms with E-state index >= 15 is 0 Å². The number of anilines is 1. The number of methoxy groups -OCH3 is 1. The fraction of sp³-hybridized carbons (Fsp3) is 0.0526. The first-order valence-corrected chi connectivity index (χ1v) is 9.35. The average molecular weight is 365 g/mol. The highest BCUT2D eigenvalue weighted by atomic mass is 32.2. The molecule has 1 unspecified atom stereocenters. The predicted molar refractivity (Wildman–Crippen MR) is 102 cm³/mol. The number of benzene rings is 1. The summed E-state index contributed by atoms with van der Waals surface area (Å²) in [5.74, 6) is 3.43. The van der Waals surface area contributed by atoms with E-state index in [0.29, 0.717) is 22.0 Å². The monoisotopic (exact) mass is 365 g/mol. The second kappa shape index (κ2) is 6.86. The number of carbonyl (C=O) groups is 1. The van der Waals surface area contributed by atoms with Crippen LogP contribution >= 0.6 is 0 Å². The van der Waals surface area contributed by atoms with Crippen LogP contribution in [0.2, 0.25) is 0 Å². The molecule has 0 saturated carbocycles. The van der Waals surface area contributed by atoms with Crippen LogP contribution in [-0.2, 0) is 14.3 Å². The van der Waals surface area contributed by atoms with E-state index in [4.69, 9.17) is 4.74 Å². The molecule has 1 atom stereocenters. The Balaban J connectivity index is 1.88. The molecule has 3 rings (SSSR count). The summed E-state index contributed by atoms with van der Waals surface area (Å²) in [7, 11) is -1.02. The highest BCUT2D eigenvalue weighted by molar-refractivity contribution is 8.03. The van der Waals surface area contributed by atoms with Crippen molar-refractivity contribution in [3.63, 3.8) is 0 Å². The van der Waals surface area contributed by atoms with Crippen LogP contribution in [0.4, 0.5) is 5.69 Å². The Hall–Kier alpha value is -3.37. The molecule has 1 aliphatic rings. The van der Waals surface area contributed by atoms with Crippen molar-refractivity contribution in [3.05, 3.63) is 58.6 Å². The third kappa shape index (κ3) is 3.36. The van der Waals surface area contributed by atoms with E-state index in [1.165, 1.54) is 13.2 Å². The summed E-state index contributed by atoms with van der Waals surface area (Å²) in [6.07, 6.45) is 4.70. The summed E-state index contributed by atoms with van der Waals surface area (Å²) in [5, 5.41) is 13.5. The third-order valence-electron chi connectivity index (χ3n) is 3.77. The zero-order chi connectivity index (χ0) is 18.7. The van der Waals surface area contributed by atoms with Crippen molar-refractivity contribution in [2.24, 2.45) is 0 Å². The summed E-state index contributed by atoms with van der Waals surface area (Å²) in [6.45, 7) is 0. The molecule has 1 aromatic heterocycles. The number of nitrogens with zero attached hydrogens (tertiary/aromatic N) is 2. The number of carbonyl (C=O) groups excluding carboxylic acids is 1. The fourth-order valence-electron chi connectivity index (χ4n) is 2.49. The van der Waals surface area contributed by atoms with Gasteiger partial charge in [-0.15, -0.1) is 0 Å². The molecule has 2 aromatic rings. The van der Waals surface area contributed by atoms with Crippen LogP contribution in [-0.4, -0.2) is 28.1 Å². The summed E-state index contributed by atoms with van der Waals surface area (Å²) in [4.78, 5) is 17.0. The Morgan fingerprint density at radius 3 is 2.96 bits per heavy atom. The molecule has 1 aromatic carbocycles. The second-order valence-corrected chi connectivity index (χ2v) is 7.67. The second-order valence-electron chi connectivity index (χ2n) is 5.51. The lowest BCUT2D eigenvalue weighted by Crippen LogP contribution is -2.14. The summed E-state index contributed by atoms with van der Waals surface area (Å²) < 4.78 is 17.5. The Morgan fingerprint density at radius 2 is 2.23 bits per heavy atom. The largest absolute Gasteiger partial charge is 0.481 e. The number of pyridine rings is 1. The quantitative estimate of drug-likeness (QED) is 0.511. The van der Waals surface area contributed by atoms with Gasteiger partial charge >= 0.3 is 0 Å². The van der Waals surface area contributed by atoms with E-state index < -0.39 is 15.4 Å². The number of rotatable bonds is 4. The highest BCUT2D eigenvalue weighted by Gasteiger charge is 2.17. The van der Waals surface area contributed by atoms with Crippen LogP contribution < -0.4 is 10.1 Å². The van der Waals surface area contributed by atoms with Crippen LogP contribution in [0.25, 0.3) is 12.2 Å². The first-order chi connectivity index (χ1) is 12.4. The van der Waals surface area contributed by atoms with Crippen LogP contribution in [0.3, 0.4) is 0 Å². The Morgan fingerprint density at radius 1 is 1.42 bits per heavy atom. The topological polar surface area (TPSA) is 92.1 Å². The molecule has 1 N–H and O–H groups in total. The van der Waals surface area contributed by atoms with E-state index in [0.717, 1.165) is 5.56 Å². The predicted octanol–water partition coefficient (Wildman–Crippen LogP) is 2.70. The van der Waals surface area contributed by atoms with Gasteiger partial charge in [0.2, 0.25) is 5.88 Å². The first kappa shape index (κ1) is 17.5. The van der Waals surface area contributed by atoms with Gasteiger partial charge in [-0.05, 0) is 53.3 Å². The van der Waals surface area contributed by atoms with E-state index in [1.807, 2.05) is 6.07 Å². The number of fused-ring (bicyclic) bond motifs is 1. The van der Waals surface area contributed by atoms with E-state index in [2.05, 4.69) is 16.2 Å². The van der Waals surface area contributed by atoms with Gasteiger partial charge in [0.05, 0.1) is 7.11 Å². The van der Waals surface area contributed by atoms with Crippen molar-refractivity contribution in [1.29, 1.82) is 5.26 Å². The molecule has 2 heterocycles. The van der Waals surface area contributed by atoms with Crippen LogP contribution in [0, 0.1) is 11.3 Å². The summed E-state index contributed by atoms with van der Waals surface area (Å²) in [6, 6.07) is 10.3. The number of amides is 1. The van der Waals surface area contributed by atoms with Crippen molar-refractivity contribution in [2.45, 2.75) is 4.90 Å². The molecule has 7 heteroatoms. The van der Waals surface area contributed by atoms with E-state index in [-0.39, 0.29) is 5.57 Å². The van der Waals surface area contributed by atoms with Crippen molar-refractivity contribution < 1.29 is 13.7 Å². The van der Waals surface area contributed by atoms with Gasteiger partial charge in [0.15, 0.2) is 0 Å². The van der Waals surface area contributed by atoms with Crippen LogP contribution in [0.15, 0.2) is 52.4 Å². The minimum Gasteiger partial charge on any atom is -0.481 e. The molecule has 0 bridgehead atoms. The maximum atomic E-state index is 12.4. The molecular formula is C19H15N3O3S. The number of nitriles is 1. The van der Waals surface area contributed by atoms with Gasteiger partial charge in [-0.2, -0.15) is 5.26 Å². The molecule has 0 aliphatic carbocycles. The van der Waals surface area contributed by atoms with Gasteiger partial charge in [0.1, 0.15) is 11.6 Å². The Bertz CT molecular complexity index is 1090. The maximum Gasteiger partial charge on any atom is 0.266 e. The van der Waals surface area contributed by atoms with Crippen molar-refractivity contribution in [3.8, 4) is 11.9 Å². The number of hydrogen-bond donors (Lipinski definition) is 1. The smallest absolute Gasteiger partial charge is 0.266 e. The van der Waals surface area contributed by atoms with Gasteiger partial charge in [-0.25, -0.2) is 4.98 Å². The van der Waals surface area contributed by atoms with Crippen molar-refractivity contribution in [2.75, 3.05) is 12.4 Å². The SMILES string of the molecule is C=S1(=O)C=Cc2ccc(NC(=O)/C(C#N)=C/c3cccnc3OC)cc21. The van der Waals surface area contributed by atoms with E-state index in [1.54, 1.807) is 48.0 Å². The molecule has 0 radical (unpaired) electrons. The molecule has 6 nitrogen and oxygen atoms in total. The van der Waals surface area contributed by atoms with Gasteiger partial charge in [-0.3, -0.25) is 9.00 Å². The lowest BCUT2D eigenvalue weighted by atomic mass is 10.1. The number of nitrogens with one attached hydrogen (secondary N) is 1. The molecule has 1 aliphatic heterocycles. The zero-order valence-electron chi connectivity index (χ0n) is 13.9. The molecule has 0 spiro atoms. The Kier molecular flexibility index (Phi) is 4.61. The standard InChI is InChI=1S/C19H15N3O3S/c1-25-19-14(4-3-8-21-19)10-15(12-20)18(23)22-16-6-5-13-7-9-26(2,24)17(13)11-16/h3-11H,2H2,1H3,(H,22,23)/b15-10+. The maximum absolute atomic E-state index is 12.4.